The van der Waals surface area contributed by atoms with Crippen LogP contribution in [0.4, 0.5) is 17.1 Å². The molecule has 0 aromatic heterocycles. The molecule has 9 rings (SSSR count). The fourth-order valence-electron chi connectivity index (χ4n) is 7.22. The zero-order valence-corrected chi connectivity index (χ0v) is 19.4. The first-order valence-electron chi connectivity index (χ1n) is 12.7. The lowest BCUT2D eigenvalue weighted by Crippen LogP contribution is -2.25. The molecule has 0 fully saturated rings. The molecule has 1 nitrogen and oxygen atoms in total. The Bertz CT molecular complexity index is 1760. The smallest absolute Gasteiger partial charge is 0.0532 e. The van der Waals surface area contributed by atoms with Crippen LogP contribution in [0.15, 0.2) is 91.0 Å². The van der Waals surface area contributed by atoms with Crippen molar-refractivity contribution in [2.75, 3.05) is 4.90 Å². The summed E-state index contributed by atoms with van der Waals surface area (Å²) in [6.07, 6.45) is 4.14. The number of anilines is 3. The van der Waals surface area contributed by atoms with Crippen LogP contribution in [0.1, 0.15) is 44.5 Å². The van der Waals surface area contributed by atoms with Crippen LogP contribution in [-0.4, -0.2) is 0 Å². The first kappa shape index (κ1) is 18.3. The fourth-order valence-corrected chi connectivity index (χ4v) is 7.22. The molecule has 0 bridgehead atoms. The maximum atomic E-state index is 2.56. The van der Waals surface area contributed by atoms with Gasteiger partial charge in [-0.3, -0.25) is 0 Å². The monoisotopic (exact) mass is 445 g/mol. The summed E-state index contributed by atoms with van der Waals surface area (Å²) in [4.78, 5) is 2.56. The largest absolute Gasteiger partial charge is 0.309 e. The van der Waals surface area contributed by atoms with Crippen LogP contribution in [0.3, 0.4) is 0 Å². The molecule has 2 aliphatic heterocycles. The average molecular weight is 446 g/mol. The predicted octanol–water partition coefficient (Wildman–Crippen LogP) is 8.11. The standard InChI is InChI=1S/C34H23N/c1-3-10-26-20(6-1)14-24-17-29-25(18-28(24)26)19-30-27(29)12-13-33-31(30)16-23-9-5-8-22-15-21-7-2-4-11-32(21)35(33)34(22)23/h1-13,17-18H,14-16,19H2. The van der Waals surface area contributed by atoms with Crippen LogP contribution >= 0.6 is 0 Å². The van der Waals surface area contributed by atoms with E-state index in [1.54, 1.807) is 0 Å². The Morgan fingerprint density at radius 2 is 1.06 bits per heavy atom. The number of nitrogens with zero attached hydrogens (tertiary/aromatic N) is 1. The maximum Gasteiger partial charge on any atom is 0.0532 e. The minimum absolute atomic E-state index is 1.02. The molecular weight excluding hydrogens is 422 g/mol. The molecular formula is C34H23N. The van der Waals surface area contributed by atoms with E-state index >= 15 is 0 Å². The topological polar surface area (TPSA) is 3.24 Å². The van der Waals surface area contributed by atoms with Crippen LogP contribution in [0.2, 0.25) is 0 Å². The van der Waals surface area contributed by atoms with Gasteiger partial charge in [-0.2, -0.15) is 0 Å². The first-order valence-corrected chi connectivity index (χ1v) is 12.7. The molecule has 0 spiro atoms. The minimum Gasteiger partial charge on any atom is -0.309 e. The number of para-hydroxylation sites is 2. The summed E-state index contributed by atoms with van der Waals surface area (Å²) < 4.78 is 0. The van der Waals surface area contributed by atoms with Gasteiger partial charge in [-0.25, -0.2) is 0 Å². The molecule has 0 atom stereocenters. The van der Waals surface area contributed by atoms with Gasteiger partial charge in [0.25, 0.3) is 0 Å². The second kappa shape index (κ2) is 6.31. The van der Waals surface area contributed by atoms with Gasteiger partial charge in [-0.1, -0.05) is 66.7 Å². The predicted molar refractivity (Wildman–Crippen MR) is 143 cm³/mol. The van der Waals surface area contributed by atoms with Crippen molar-refractivity contribution in [3.8, 4) is 22.3 Å². The number of hydrogen-bond donors (Lipinski definition) is 0. The third-order valence-electron chi connectivity index (χ3n) is 8.73. The van der Waals surface area contributed by atoms with Gasteiger partial charge >= 0.3 is 0 Å². The molecule has 2 heterocycles. The van der Waals surface area contributed by atoms with E-state index in [0.29, 0.717) is 0 Å². The molecule has 0 unspecified atom stereocenters. The highest BCUT2D eigenvalue weighted by atomic mass is 15.2. The number of benzene rings is 5. The van der Waals surface area contributed by atoms with Crippen molar-refractivity contribution in [1.82, 2.24) is 0 Å². The SMILES string of the molecule is c1ccc2c(c1)Cc1cc3c(cc1-2)Cc1c-3ccc2c1Cc1cccc3c1N2c1ccccc1C3. The zero-order chi connectivity index (χ0) is 22.7. The number of fused-ring (bicyclic) bond motifs is 11. The highest BCUT2D eigenvalue weighted by Crippen LogP contribution is 2.54. The van der Waals surface area contributed by atoms with Crippen LogP contribution < -0.4 is 4.90 Å². The second-order valence-corrected chi connectivity index (χ2v) is 10.5. The van der Waals surface area contributed by atoms with Crippen molar-refractivity contribution >= 4 is 17.1 Å². The molecule has 0 amide bonds. The van der Waals surface area contributed by atoms with Crippen LogP contribution in [0, 0.1) is 0 Å². The molecule has 2 aliphatic carbocycles. The lowest BCUT2D eigenvalue weighted by Gasteiger charge is -2.40. The van der Waals surface area contributed by atoms with Gasteiger partial charge in [0.15, 0.2) is 0 Å². The Morgan fingerprint density at radius 3 is 1.97 bits per heavy atom. The molecule has 4 aliphatic rings. The van der Waals surface area contributed by atoms with E-state index in [0.717, 1.165) is 25.7 Å². The minimum atomic E-state index is 1.02. The van der Waals surface area contributed by atoms with E-state index in [-0.39, 0.29) is 0 Å². The van der Waals surface area contributed by atoms with Crippen molar-refractivity contribution in [2.24, 2.45) is 0 Å². The Hall–Kier alpha value is -4.10. The van der Waals surface area contributed by atoms with E-state index < -0.39 is 0 Å². The van der Waals surface area contributed by atoms with Crippen molar-refractivity contribution in [1.29, 1.82) is 0 Å². The highest BCUT2D eigenvalue weighted by Gasteiger charge is 2.35. The molecule has 0 N–H and O–H groups in total. The molecule has 0 saturated heterocycles. The van der Waals surface area contributed by atoms with Gasteiger partial charge in [0, 0.05) is 18.5 Å². The van der Waals surface area contributed by atoms with Crippen LogP contribution in [0.5, 0.6) is 0 Å². The Morgan fingerprint density at radius 1 is 0.400 bits per heavy atom. The fraction of sp³-hybridized carbons (Fsp3) is 0.118. The number of hydrogen-bond acceptors (Lipinski definition) is 1. The lowest BCUT2D eigenvalue weighted by atomic mass is 9.84. The summed E-state index contributed by atoms with van der Waals surface area (Å²) in [7, 11) is 0. The van der Waals surface area contributed by atoms with E-state index in [9.17, 15) is 0 Å². The third-order valence-corrected chi connectivity index (χ3v) is 8.73. The van der Waals surface area contributed by atoms with Gasteiger partial charge < -0.3 is 4.90 Å². The van der Waals surface area contributed by atoms with Crippen LogP contribution in [0.25, 0.3) is 22.3 Å². The summed E-state index contributed by atoms with van der Waals surface area (Å²) in [5, 5.41) is 0. The van der Waals surface area contributed by atoms with Gasteiger partial charge in [-0.15, -0.1) is 0 Å². The molecule has 164 valence electrons. The van der Waals surface area contributed by atoms with Crippen LogP contribution in [-0.2, 0) is 25.7 Å². The van der Waals surface area contributed by atoms with E-state index in [4.69, 9.17) is 0 Å². The van der Waals surface area contributed by atoms with Gasteiger partial charge in [0.1, 0.15) is 0 Å². The normalized spacial score (nSPS) is 14.9. The van der Waals surface area contributed by atoms with Gasteiger partial charge in [0.2, 0.25) is 0 Å². The van der Waals surface area contributed by atoms with Gasteiger partial charge in [-0.05, 0) is 104 Å². The third kappa shape index (κ3) is 2.29. The van der Waals surface area contributed by atoms with Gasteiger partial charge in [0.05, 0.1) is 11.4 Å². The van der Waals surface area contributed by atoms with E-state index in [2.05, 4.69) is 95.9 Å². The molecule has 35 heavy (non-hydrogen) atoms. The van der Waals surface area contributed by atoms with Crippen molar-refractivity contribution < 1.29 is 0 Å². The summed E-state index contributed by atoms with van der Waals surface area (Å²) in [5.74, 6) is 0. The van der Waals surface area contributed by atoms with E-state index in [1.165, 1.54) is 83.8 Å². The Labute approximate surface area is 205 Å². The summed E-state index contributed by atoms with van der Waals surface area (Å²) in [6, 6.07) is 34.6. The summed E-state index contributed by atoms with van der Waals surface area (Å²) in [6.45, 7) is 0. The zero-order valence-electron chi connectivity index (χ0n) is 19.4. The lowest BCUT2D eigenvalue weighted by molar-refractivity contribution is 0.997. The molecule has 0 radical (unpaired) electrons. The highest BCUT2D eigenvalue weighted by molar-refractivity contribution is 5.93. The Kier molecular flexibility index (Phi) is 3.29. The quantitative estimate of drug-likeness (QED) is 0.228. The molecule has 5 aromatic rings. The second-order valence-electron chi connectivity index (χ2n) is 10.5. The first-order chi connectivity index (χ1) is 17.3. The number of rotatable bonds is 0. The molecule has 5 aromatic carbocycles. The molecule has 1 heteroatoms. The summed E-state index contributed by atoms with van der Waals surface area (Å²) >= 11 is 0. The maximum absolute atomic E-state index is 2.56. The van der Waals surface area contributed by atoms with E-state index in [1.807, 2.05) is 0 Å². The Balaban J connectivity index is 1.24. The van der Waals surface area contributed by atoms with Crippen molar-refractivity contribution in [2.45, 2.75) is 25.7 Å². The molecule has 0 saturated carbocycles. The average Bonchev–Trinajstić information content (AvgIpc) is 3.45. The van der Waals surface area contributed by atoms with Crippen molar-refractivity contribution in [3.05, 3.63) is 136 Å². The summed E-state index contributed by atoms with van der Waals surface area (Å²) in [5.41, 5.74) is 21.7. The van der Waals surface area contributed by atoms with Crippen molar-refractivity contribution in [3.63, 3.8) is 0 Å².